The predicted molar refractivity (Wildman–Crippen MR) is 171 cm³/mol. The largest absolute Gasteiger partial charge is 0.507 e. The monoisotopic (exact) mass is 744 g/mol. The normalized spacial score (nSPS) is 31.2. The second-order valence-corrected chi connectivity index (χ2v) is 14.2. The minimum absolute atomic E-state index is 0.0925. The average molecular weight is 745 g/mol. The molecule has 7 nitrogen and oxygen atoms in total. The third-order valence-corrected chi connectivity index (χ3v) is 11.7. The van der Waals surface area contributed by atoms with Gasteiger partial charge in [-0.3, -0.25) is 24.1 Å². The number of phenolic OH excluding ortho intramolecular Hbond substituents is 1. The van der Waals surface area contributed by atoms with Crippen molar-refractivity contribution in [2.45, 2.75) is 35.4 Å². The molecule has 1 saturated carbocycles. The van der Waals surface area contributed by atoms with Gasteiger partial charge in [0, 0.05) is 15.1 Å². The molecule has 3 aromatic rings. The van der Waals surface area contributed by atoms with Crippen molar-refractivity contribution in [1.29, 1.82) is 0 Å². The van der Waals surface area contributed by atoms with Crippen LogP contribution in [0.4, 0.5) is 15.8 Å². The zero-order chi connectivity index (χ0) is 31.3. The number of allylic oxidation sites excluding steroid dienone is 2. The molecule has 3 fully saturated rings. The molecule has 4 aliphatic rings. The number of alkyl halides is 2. The van der Waals surface area contributed by atoms with Crippen molar-refractivity contribution in [1.82, 2.24) is 0 Å². The number of halogens is 4. The third-order valence-electron chi connectivity index (χ3n) is 9.56. The quantitative estimate of drug-likeness (QED) is 0.149. The summed E-state index contributed by atoms with van der Waals surface area (Å²) in [6.07, 6.45) is 1.83. The van der Waals surface area contributed by atoms with Crippen LogP contribution in [0.25, 0.3) is 0 Å². The number of aryl methyl sites for hydroxylation is 1. The molecule has 0 aromatic heterocycles. The standard InChI is InChI=1S/C33H24Cl2FIN2O5/c1-16-3-2-4-23(27(16)40)26-21-13-14-22-25(29(42)38(28(22)41)19-11-7-18(37)8-12-19)24(21)15-32(34)30(43)39(31(44)33(26,32)35)20-9-5-17(36)6-10-20/h2-13,22,24-26,40H,14-15H2,1H3. The maximum Gasteiger partial charge on any atom is 0.258 e. The predicted octanol–water partition coefficient (Wildman–Crippen LogP) is 6.21. The van der Waals surface area contributed by atoms with E-state index in [0.29, 0.717) is 16.8 Å². The molecule has 4 amide bonds. The van der Waals surface area contributed by atoms with Crippen molar-refractivity contribution in [2.75, 3.05) is 9.80 Å². The molecule has 7 rings (SSSR count). The smallest absolute Gasteiger partial charge is 0.258 e. The number of carbonyl (C=O) groups excluding carboxylic acids is 4. The van der Waals surface area contributed by atoms with Crippen LogP contribution in [0.5, 0.6) is 5.75 Å². The van der Waals surface area contributed by atoms with Crippen LogP contribution >= 0.6 is 45.8 Å². The Kier molecular flexibility index (Phi) is 6.77. The molecule has 6 unspecified atom stereocenters. The third kappa shape index (κ3) is 3.84. The lowest BCUT2D eigenvalue weighted by molar-refractivity contribution is -0.125. The van der Waals surface area contributed by atoms with Crippen LogP contribution in [-0.4, -0.2) is 38.5 Å². The van der Waals surface area contributed by atoms with E-state index < -0.39 is 57.0 Å². The number of amides is 4. The van der Waals surface area contributed by atoms with E-state index in [4.69, 9.17) is 23.2 Å². The fourth-order valence-corrected chi connectivity index (χ4v) is 8.79. The molecule has 1 N–H and O–H groups in total. The molecule has 44 heavy (non-hydrogen) atoms. The summed E-state index contributed by atoms with van der Waals surface area (Å²) in [4.78, 5) is 54.4. The Morgan fingerprint density at radius 1 is 0.864 bits per heavy atom. The summed E-state index contributed by atoms with van der Waals surface area (Å²) in [5.41, 5.74) is 1.92. The van der Waals surface area contributed by atoms with Gasteiger partial charge in [-0.05, 0) is 102 Å². The van der Waals surface area contributed by atoms with Crippen molar-refractivity contribution in [2.24, 2.45) is 17.8 Å². The van der Waals surface area contributed by atoms with Gasteiger partial charge in [-0.15, -0.1) is 23.2 Å². The molecule has 0 spiro atoms. The van der Waals surface area contributed by atoms with Crippen LogP contribution in [0.1, 0.15) is 29.9 Å². The van der Waals surface area contributed by atoms with E-state index in [1.807, 2.05) is 18.2 Å². The fraction of sp³-hybridized carbons (Fsp3) is 0.273. The molecule has 6 atom stereocenters. The van der Waals surface area contributed by atoms with Crippen molar-refractivity contribution in [3.8, 4) is 5.75 Å². The second kappa shape index (κ2) is 10.1. The first kappa shape index (κ1) is 29.4. The highest BCUT2D eigenvalue weighted by atomic mass is 127. The van der Waals surface area contributed by atoms with E-state index in [-0.39, 0.29) is 35.7 Å². The number of benzene rings is 3. The van der Waals surface area contributed by atoms with Gasteiger partial charge in [0.1, 0.15) is 11.6 Å². The van der Waals surface area contributed by atoms with Crippen LogP contribution < -0.4 is 9.80 Å². The summed E-state index contributed by atoms with van der Waals surface area (Å²) < 4.78 is 14.8. The summed E-state index contributed by atoms with van der Waals surface area (Å²) in [5, 5.41) is 11.3. The number of hydrogen-bond acceptors (Lipinski definition) is 5. The van der Waals surface area contributed by atoms with Crippen LogP contribution in [0.3, 0.4) is 0 Å². The minimum atomic E-state index is -2.11. The van der Waals surface area contributed by atoms with Crippen LogP contribution in [0, 0.1) is 34.1 Å². The molecule has 11 heteroatoms. The molecule has 3 aromatic carbocycles. The lowest BCUT2D eigenvalue weighted by Gasteiger charge is -2.50. The SMILES string of the molecule is Cc1cccc(C2C3=CCC4C(=O)N(c5ccc(I)cc5)C(=O)C4C3CC3(Cl)C(=O)N(c4ccc(F)cc4)C(=O)C23Cl)c1O. The Morgan fingerprint density at radius 2 is 1.50 bits per heavy atom. The first-order chi connectivity index (χ1) is 20.9. The van der Waals surface area contributed by atoms with Crippen molar-refractivity contribution >= 4 is 80.8 Å². The summed E-state index contributed by atoms with van der Waals surface area (Å²) in [7, 11) is 0. The highest BCUT2D eigenvalue weighted by molar-refractivity contribution is 14.1. The van der Waals surface area contributed by atoms with E-state index in [9.17, 15) is 28.7 Å². The van der Waals surface area contributed by atoms with Gasteiger partial charge in [-0.1, -0.05) is 29.8 Å². The first-order valence-electron chi connectivity index (χ1n) is 14.0. The second-order valence-electron chi connectivity index (χ2n) is 11.8. The number of para-hydroxylation sites is 1. The zero-order valence-corrected chi connectivity index (χ0v) is 26.8. The van der Waals surface area contributed by atoms with Gasteiger partial charge in [0.25, 0.3) is 11.8 Å². The van der Waals surface area contributed by atoms with Gasteiger partial charge < -0.3 is 5.11 Å². The van der Waals surface area contributed by atoms with Crippen molar-refractivity contribution < 1.29 is 28.7 Å². The summed E-state index contributed by atoms with van der Waals surface area (Å²) >= 11 is 16.8. The van der Waals surface area contributed by atoms with E-state index in [1.165, 1.54) is 17.0 Å². The van der Waals surface area contributed by atoms with Gasteiger partial charge in [0.15, 0.2) is 9.75 Å². The Labute approximate surface area is 275 Å². The van der Waals surface area contributed by atoms with Crippen LogP contribution in [0.15, 0.2) is 78.4 Å². The van der Waals surface area contributed by atoms with Gasteiger partial charge in [0.05, 0.1) is 23.2 Å². The number of phenols is 1. The van der Waals surface area contributed by atoms with Crippen molar-refractivity contribution in [3.05, 3.63) is 98.9 Å². The van der Waals surface area contributed by atoms with Crippen molar-refractivity contribution in [3.63, 3.8) is 0 Å². The fourth-order valence-electron chi connectivity index (χ4n) is 7.50. The Morgan fingerprint density at radius 3 is 2.18 bits per heavy atom. The number of fused-ring (bicyclic) bond motifs is 4. The highest BCUT2D eigenvalue weighted by Gasteiger charge is 2.77. The molecular weight excluding hydrogens is 721 g/mol. The van der Waals surface area contributed by atoms with E-state index in [1.54, 1.807) is 37.3 Å². The van der Waals surface area contributed by atoms with Crippen LogP contribution in [0.2, 0.25) is 0 Å². The minimum Gasteiger partial charge on any atom is -0.507 e. The van der Waals surface area contributed by atoms with E-state index in [2.05, 4.69) is 22.6 Å². The number of aromatic hydroxyl groups is 1. The average Bonchev–Trinajstić information content (AvgIpc) is 3.34. The van der Waals surface area contributed by atoms with Gasteiger partial charge in [0.2, 0.25) is 11.8 Å². The van der Waals surface area contributed by atoms with E-state index in [0.717, 1.165) is 20.6 Å². The Hall–Kier alpha value is -3.28. The van der Waals surface area contributed by atoms with Gasteiger partial charge in [-0.25, -0.2) is 9.29 Å². The lowest BCUT2D eigenvalue weighted by Crippen LogP contribution is -2.60. The topological polar surface area (TPSA) is 95.0 Å². The number of carbonyl (C=O) groups is 4. The number of nitrogens with zero attached hydrogens (tertiary/aromatic N) is 2. The Bertz CT molecular complexity index is 1820. The molecule has 224 valence electrons. The highest BCUT2D eigenvalue weighted by Crippen LogP contribution is 2.66. The van der Waals surface area contributed by atoms with E-state index >= 15 is 0 Å². The summed E-state index contributed by atoms with van der Waals surface area (Å²) in [6, 6.07) is 16.9. The molecule has 2 heterocycles. The number of anilines is 2. The molecule has 0 radical (unpaired) electrons. The number of imide groups is 2. The number of rotatable bonds is 3. The number of hydrogen-bond donors (Lipinski definition) is 1. The maximum absolute atomic E-state index is 14.4. The maximum atomic E-state index is 14.4. The molecule has 2 aliphatic carbocycles. The molecule has 0 bridgehead atoms. The molecule has 2 saturated heterocycles. The van der Waals surface area contributed by atoms with Gasteiger partial charge in [-0.2, -0.15) is 0 Å². The molecule has 2 aliphatic heterocycles. The first-order valence-corrected chi connectivity index (χ1v) is 15.9. The summed E-state index contributed by atoms with van der Waals surface area (Å²) in [6.45, 7) is 1.70. The molecular formula is C33H24Cl2FIN2O5. The Balaban J connectivity index is 1.41. The van der Waals surface area contributed by atoms with Crippen LogP contribution in [-0.2, 0) is 19.2 Å². The lowest BCUT2D eigenvalue weighted by atomic mass is 9.56. The zero-order valence-electron chi connectivity index (χ0n) is 23.1. The van der Waals surface area contributed by atoms with Gasteiger partial charge >= 0.3 is 0 Å². The summed E-state index contributed by atoms with van der Waals surface area (Å²) in [5.74, 6) is -6.48.